The first kappa shape index (κ1) is 16.4. The fraction of sp³-hybridized carbons (Fsp3) is 0.278. The molecule has 25 heavy (non-hydrogen) atoms. The average Bonchev–Trinajstić information content (AvgIpc) is 3.20. The van der Waals surface area contributed by atoms with Crippen molar-refractivity contribution in [3.8, 4) is 11.3 Å². The van der Waals surface area contributed by atoms with Crippen LogP contribution in [0.3, 0.4) is 0 Å². The lowest BCUT2D eigenvalue weighted by Gasteiger charge is -2.05. The summed E-state index contributed by atoms with van der Waals surface area (Å²) in [5, 5.41) is 10.2. The zero-order valence-electron chi connectivity index (χ0n) is 13.6. The van der Waals surface area contributed by atoms with Crippen LogP contribution in [0.5, 0.6) is 0 Å². The van der Waals surface area contributed by atoms with E-state index in [0.717, 1.165) is 23.1 Å². The lowest BCUT2D eigenvalue weighted by atomic mass is 10.2. The fourth-order valence-electron chi connectivity index (χ4n) is 2.63. The van der Waals surface area contributed by atoms with Crippen LogP contribution < -0.4 is 0 Å². The highest BCUT2D eigenvalue weighted by Gasteiger charge is 2.30. The Labute approximate surface area is 155 Å². The van der Waals surface area contributed by atoms with Crippen molar-refractivity contribution in [1.82, 2.24) is 19.7 Å². The van der Waals surface area contributed by atoms with E-state index < -0.39 is 0 Å². The van der Waals surface area contributed by atoms with E-state index in [1.165, 1.54) is 12.8 Å². The number of allylic oxidation sites excluding steroid dienone is 1. The van der Waals surface area contributed by atoms with Crippen molar-refractivity contribution >= 4 is 23.4 Å². The molecule has 7 heteroatoms. The molecule has 0 saturated heterocycles. The number of hydrogen-bond acceptors (Lipinski definition) is 5. The average molecular weight is 373 g/mol. The number of benzene rings is 1. The van der Waals surface area contributed by atoms with Crippen molar-refractivity contribution in [2.75, 3.05) is 0 Å². The van der Waals surface area contributed by atoms with Gasteiger partial charge < -0.3 is 8.98 Å². The van der Waals surface area contributed by atoms with Crippen molar-refractivity contribution in [2.24, 2.45) is 0 Å². The number of rotatable bonds is 7. The molecule has 0 amide bonds. The Hall–Kier alpha value is -2.05. The largest absolute Gasteiger partial charge is 0.440 e. The first-order chi connectivity index (χ1) is 12.2. The van der Waals surface area contributed by atoms with E-state index in [-0.39, 0.29) is 0 Å². The zero-order valence-corrected chi connectivity index (χ0v) is 15.1. The summed E-state index contributed by atoms with van der Waals surface area (Å²) in [6, 6.07) is 7.54. The molecule has 2 aromatic heterocycles. The van der Waals surface area contributed by atoms with E-state index in [0.29, 0.717) is 28.3 Å². The summed E-state index contributed by atoms with van der Waals surface area (Å²) in [5.41, 5.74) is 0.919. The van der Waals surface area contributed by atoms with Crippen LogP contribution in [0.25, 0.3) is 11.3 Å². The van der Waals surface area contributed by atoms with Crippen LogP contribution in [0, 0.1) is 0 Å². The van der Waals surface area contributed by atoms with Gasteiger partial charge in [0.2, 0.25) is 5.89 Å². The minimum Gasteiger partial charge on any atom is -0.440 e. The van der Waals surface area contributed by atoms with Crippen molar-refractivity contribution < 1.29 is 4.42 Å². The van der Waals surface area contributed by atoms with E-state index in [4.69, 9.17) is 16.0 Å². The molecular weight excluding hydrogens is 356 g/mol. The molecule has 2 heterocycles. The van der Waals surface area contributed by atoms with Crippen LogP contribution in [0.1, 0.15) is 30.5 Å². The van der Waals surface area contributed by atoms with E-state index in [2.05, 4.69) is 26.3 Å². The van der Waals surface area contributed by atoms with Gasteiger partial charge in [0, 0.05) is 23.0 Å². The highest BCUT2D eigenvalue weighted by Crippen LogP contribution is 2.40. The summed E-state index contributed by atoms with van der Waals surface area (Å²) in [7, 11) is 0. The molecule has 0 unspecified atom stereocenters. The van der Waals surface area contributed by atoms with Crippen LogP contribution in [-0.2, 0) is 12.3 Å². The molecule has 0 spiro atoms. The van der Waals surface area contributed by atoms with Gasteiger partial charge in [-0.15, -0.1) is 16.8 Å². The number of aromatic nitrogens is 4. The Morgan fingerprint density at radius 2 is 2.24 bits per heavy atom. The van der Waals surface area contributed by atoms with Gasteiger partial charge in [-0.2, -0.15) is 0 Å². The minimum absolute atomic E-state index is 0.554. The summed E-state index contributed by atoms with van der Waals surface area (Å²) in [6.07, 6.45) is 6.00. The molecule has 0 N–H and O–H groups in total. The third kappa shape index (κ3) is 3.65. The predicted octanol–water partition coefficient (Wildman–Crippen LogP) is 4.94. The highest BCUT2D eigenvalue weighted by molar-refractivity contribution is 7.98. The predicted molar refractivity (Wildman–Crippen MR) is 98.7 cm³/mol. The third-order valence-corrected chi connectivity index (χ3v) is 5.17. The molecule has 128 valence electrons. The maximum atomic E-state index is 6.03. The lowest BCUT2D eigenvalue weighted by molar-refractivity contribution is 0.529. The van der Waals surface area contributed by atoms with Crippen molar-refractivity contribution in [3.05, 3.63) is 59.9 Å². The molecule has 3 aromatic rings. The Morgan fingerprint density at radius 3 is 3.00 bits per heavy atom. The van der Waals surface area contributed by atoms with Crippen molar-refractivity contribution in [2.45, 2.75) is 36.2 Å². The maximum absolute atomic E-state index is 6.03. The molecule has 1 aliphatic carbocycles. The highest BCUT2D eigenvalue weighted by atomic mass is 35.5. The van der Waals surface area contributed by atoms with E-state index in [1.807, 2.05) is 30.3 Å². The van der Waals surface area contributed by atoms with Gasteiger partial charge in [0.15, 0.2) is 10.9 Å². The van der Waals surface area contributed by atoms with E-state index >= 15 is 0 Å². The van der Waals surface area contributed by atoms with Crippen LogP contribution in [-0.4, -0.2) is 19.7 Å². The second kappa shape index (κ2) is 7.06. The second-order valence-electron chi connectivity index (χ2n) is 5.93. The fourth-order valence-corrected chi connectivity index (χ4v) is 3.63. The smallest absolute Gasteiger partial charge is 0.205 e. The topological polar surface area (TPSA) is 56.7 Å². The zero-order chi connectivity index (χ0) is 17.2. The number of thioether (sulfide) groups is 1. The molecule has 1 fully saturated rings. The summed E-state index contributed by atoms with van der Waals surface area (Å²) >= 11 is 7.61. The quantitative estimate of drug-likeness (QED) is 0.434. The molecule has 0 aliphatic heterocycles. The van der Waals surface area contributed by atoms with E-state index in [9.17, 15) is 0 Å². The molecule has 1 aromatic carbocycles. The molecule has 0 radical (unpaired) electrons. The van der Waals surface area contributed by atoms with Gasteiger partial charge in [-0.3, -0.25) is 0 Å². The van der Waals surface area contributed by atoms with Gasteiger partial charge in [0.05, 0.1) is 11.9 Å². The van der Waals surface area contributed by atoms with Gasteiger partial charge in [-0.25, -0.2) is 4.98 Å². The minimum atomic E-state index is 0.554. The second-order valence-corrected chi connectivity index (χ2v) is 7.31. The molecule has 5 nitrogen and oxygen atoms in total. The molecular formula is C18H17ClN4OS. The number of nitrogens with zero attached hydrogens (tertiary/aromatic N) is 4. The monoisotopic (exact) mass is 372 g/mol. The van der Waals surface area contributed by atoms with Crippen LogP contribution in [0.15, 0.2) is 52.7 Å². The van der Waals surface area contributed by atoms with Gasteiger partial charge in [-0.1, -0.05) is 41.6 Å². The molecule has 1 saturated carbocycles. The first-order valence-electron chi connectivity index (χ1n) is 8.12. The van der Waals surface area contributed by atoms with Crippen LogP contribution >= 0.6 is 23.4 Å². The van der Waals surface area contributed by atoms with Crippen molar-refractivity contribution in [1.29, 1.82) is 0 Å². The first-order valence-corrected chi connectivity index (χ1v) is 9.48. The van der Waals surface area contributed by atoms with Gasteiger partial charge >= 0.3 is 0 Å². The number of hydrogen-bond donors (Lipinski definition) is 0. The standard InChI is InChI=1S/C18H17ClN4OS/c1-2-8-23-17(12-6-7-12)21-22-18(23)25-11-16-20-10-15(24-16)13-4-3-5-14(19)9-13/h2-5,9-10,12H,1,6-8,11H2. The Bertz CT molecular complexity index is 900. The van der Waals surface area contributed by atoms with Gasteiger partial charge in [0.25, 0.3) is 0 Å². The SMILES string of the molecule is C=CCn1c(SCc2ncc(-c3cccc(Cl)c3)o2)nnc1C1CC1. The number of halogens is 1. The Balaban J connectivity index is 1.48. The number of oxazole rings is 1. The maximum Gasteiger partial charge on any atom is 0.205 e. The normalized spacial score (nSPS) is 14.0. The summed E-state index contributed by atoms with van der Waals surface area (Å²) in [5.74, 6) is 3.58. The van der Waals surface area contributed by atoms with Gasteiger partial charge in [0.1, 0.15) is 5.82 Å². The lowest BCUT2D eigenvalue weighted by Crippen LogP contribution is -2.02. The van der Waals surface area contributed by atoms with Crippen LogP contribution in [0.4, 0.5) is 0 Å². The Morgan fingerprint density at radius 1 is 1.36 bits per heavy atom. The summed E-state index contributed by atoms with van der Waals surface area (Å²) in [4.78, 5) is 4.36. The summed E-state index contributed by atoms with van der Waals surface area (Å²) < 4.78 is 7.98. The van der Waals surface area contributed by atoms with Gasteiger partial charge in [-0.05, 0) is 25.0 Å². The molecule has 0 bridgehead atoms. The Kier molecular flexibility index (Phi) is 4.63. The van der Waals surface area contributed by atoms with Crippen LogP contribution in [0.2, 0.25) is 5.02 Å². The molecule has 1 aliphatic rings. The summed E-state index contributed by atoms with van der Waals surface area (Å²) in [6.45, 7) is 4.56. The van der Waals surface area contributed by atoms with Crippen molar-refractivity contribution in [3.63, 3.8) is 0 Å². The molecule has 4 rings (SSSR count). The van der Waals surface area contributed by atoms with E-state index in [1.54, 1.807) is 18.0 Å². The molecule has 0 atom stereocenters. The third-order valence-electron chi connectivity index (χ3n) is 3.99.